The summed E-state index contributed by atoms with van der Waals surface area (Å²) in [5.74, 6) is -0.640. The molecule has 0 aliphatic carbocycles. The summed E-state index contributed by atoms with van der Waals surface area (Å²) in [5, 5.41) is 0. The van der Waals surface area contributed by atoms with Gasteiger partial charge in [0.2, 0.25) is 5.91 Å². The minimum absolute atomic E-state index is 0.00423. The standard InChI is InChI=1S/C19H28N2O5S2/c1-3-26-19(23)15-8-11-20(12-9-15)18(22)16-5-4-10-21(13-16)28(24,25)17-7-6-14(2)27-17/h6-7,15-16H,3-5,8-13H2,1-2H3. The fourth-order valence-electron chi connectivity index (χ4n) is 3.89. The molecule has 0 aromatic carbocycles. The number of hydrogen-bond acceptors (Lipinski definition) is 6. The molecule has 1 aromatic heterocycles. The maximum Gasteiger partial charge on any atom is 0.309 e. The minimum atomic E-state index is -3.54. The number of hydrogen-bond donors (Lipinski definition) is 0. The van der Waals surface area contributed by atoms with E-state index in [9.17, 15) is 18.0 Å². The van der Waals surface area contributed by atoms with Crippen molar-refractivity contribution in [1.29, 1.82) is 0 Å². The second-order valence-electron chi connectivity index (χ2n) is 7.42. The predicted octanol–water partition coefficient (Wildman–Crippen LogP) is 2.26. The number of carbonyl (C=O) groups is 2. The van der Waals surface area contributed by atoms with Gasteiger partial charge in [0.25, 0.3) is 10.0 Å². The molecule has 0 saturated carbocycles. The molecular formula is C19H28N2O5S2. The van der Waals surface area contributed by atoms with E-state index in [-0.39, 0.29) is 30.3 Å². The van der Waals surface area contributed by atoms with Crippen LogP contribution in [0.4, 0.5) is 0 Å². The van der Waals surface area contributed by atoms with E-state index < -0.39 is 10.0 Å². The Kier molecular flexibility index (Phi) is 6.77. The first-order chi connectivity index (χ1) is 13.3. The first-order valence-electron chi connectivity index (χ1n) is 9.85. The van der Waals surface area contributed by atoms with Gasteiger partial charge < -0.3 is 9.64 Å². The van der Waals surface area contributed by atoms with Crippen molar-refractivity contribution >= 4 is 33.2 Å². The second-order valence-corrected chi connectivity index (χ2v) is 10.9. The number of aryl methyl sites for hydroxylation is 1. The summed E-state index contributed by atoms with van der Waals surface area (Å²) in [6.07, 6.45) is 2.59. The number of piperidine rings is 2. The Morgan fingerprint density at radius 3 is 2.46 bits per heavy atom. The Labute approximate surface area is 170 Å². The van der Waals surface area contributed by atoms with E-state index in [4.69, 9.17) is 4.74 Å². The topological polar surface area (TPSA) is 84.0 Å². The van der Waals surface area contributed by atoms with E-state index in [2.05, 4.69) is 0 Å². The number of likely N-dealkylation sites (tertiary alicyclic amines) is 1. The van der Waals surface area contributed by atoms with Crippen molar-refractivity contribution in [3.8, 4) is 0 Å². The predicted molar refractivity (Wildman–Crippen MR) is 106 cm³/mol. The van der Waals surface area contributed by atoms with Crippen LogP contribution in [0, 0.1) is 18.8 Å². The number of rotatable bonds is 5. The molecule has 2 saturated heterocycles. The van der Waals surface area contributed by atoms with E-state index in [0.717, 1.165) is 4.88 Å². The third-order valence-electron chi connectivity index (χ3n) is 5.47. The molecule has 0 N–H and O–H groups in total. The first kappa shape index (κ1) is 21.3. The molecule has 156 valence electrons. The number of nitrogens with zero attached hydrogens (tertiary/aromatic N) is 2. The Morgan fingerprint density at radius 2 is 1.86 bits per heavy atom. The molecular weight excluding hydrogens is 400 g/mol. The fraction of sp³-hybridized carbons (Fsp3) is 0.684. The Bertz CT molecular complexity index is 812. The molecule has 2 aliphatic heterocycles. The van der Waals surface area contributed by atoms with Crippen molar-refractivity contribution < 1.29 is 22.7 Å². The number of ether oxygens (including phenoxy) is 1. The van der Waals surface area contributed by atoms with E-state index in [1.807, 2.05) is 6.92 Å². The molecule has 1 aromatic rings. The maximum absolute atomic E-state index is 13.0. The highest BCUT2D eigenvalue weighted by Crippen LogP contribution is 2.29. The fourth-order valence-corrected chi connectivity index (χ4v) is 6.86. The van der Waals surface area contributed by atoms with Crippen LogP contribution in [-0.2, 0) is 24.3 Å². The largest absolute Gasteiger partial charge is 0.466 e. The Balaban J connectivity index is 1.60. The lowest BCUT2D eigenvalue weighted by Crippen LogP contribution is -2.49. The number of esters is 1. The molecule has 3 heterocycles. The highest BCUT2D eigenvalue weighted by atomic mass is 32.2. The summed E-state index contributed by atoms with van der Waals surface area (Å²) in [5.41, 5.74) is 0. The average Bonchev–Trinajstić information content (AvgIpc) is 3.15. The van der Waals surface area contributed by atoms with E-state index in [0.29, 0.717) is 56.1 Å². The van der Waals surface area contributed by atoms with Gasteiger partial charge in [-0.2, -0.15) is 4.31 Å². The van der Waals surface area contributed by atoms with Gasteiger partial charge in [-0.3, -0.25) is 9.59 Å². The third kappa shape index (κ3) is 4.58. The molecule has 2 fully saturated rings. The molecule has 3 rings (SSSR count). The van der Waals surface area contributed by atoms with Gasteiger partial charge in [-0.05, 0) is 51.7 Å². The van der Waals surface area contributed by atoms with Crippen LogP contribution in [-0.4, -0.2) is 62.3 Å². The van der Waals surface area contributed by atoms with Gasteiger partial charge in [0, 0.05) is 31.1 Å². The van der Waals surface area contributed by atoms with Crippen molar-refractivity contribution in [2.75, 3.05) is 32.8 Å². The zero-order valence-corrected chi connectivity index (χ0v) is 18.1. The SMILES string of the molecule is CCOC(=O)C1CCN(C(=O)C2CCCN(S(=O)(=O)c3ccc(C)s3)C2)CC1. The van der Waals surface area contributed by atoms with Gasteiger partial charge >= 0.3 is 5.97 Å². The number of carbonyl (C=O) groups excluding carboxylic acids is 2. The molecule has 1 unspecified atom stereocenters. The summed E-state index contributed by atoms with van der Waals surface area (Å²) < 4.78 is 32.6. The molecule has 2 aliphatic rings. The number of amides is 1. The molecule has 9 heteroatoms. The zero-order chi connectivity index (χ0) is 20.3. The maximum atomic E-state index is 13.0. The van der Waals surface area contributed by atoms with Gasteiger partial charge in [-0.1, -0.05) is 0 Å². The molecule has 1 atom stereocenters. The molecule has 0 bridgehead atoms. The second kappa shape index (κ2) is 8.92. The first-order valence-corrected chi connectivity index (χ1v) is 12.1. The van der Waals surface area contributed by atoms with Crippen LogP contribution in [0.2, 0.25) is 0 Å². The van der Waals surface area contributed by atoms with Crippen molar-refractivity contribution in [3.63, 3.8) is 0 Å². The smallest absolute Gasteiger partial charge is 0.309 e. The summed E-state index contributed by atoms with van der Waals surface area (Å²) >= 11 is 1.26. The Morgan fingerprint density at radius 1 is 1.14 bits per heavy atom. The highest BCUT2D eigenvalue weighted by molar-refractivity contribution is 7.91. The molecule has 1 amide bonds. The summed E-state index contributed by atoms with van der Waals surface area (Å²) in [4.78, 5) is 27.6. The van der Waals surface area contributed by atoms with Crippen LogP contribution in [0.5, 0.6) is 0 Å². The third-order valence-corrected chi connectivity index (χ3v) is 8.80. The monoisotopic (exact) mass is 428 g/mol. The van der Waals surface area contributed by atoms with E-state index in [1.165, 1.54) is 15.6 Å². The van der Waals surface area contributed by atoms with Crippen LogP contribution in [0.3, 0.4) is 0 Å². The highest BCUT2D eigenvalue weighted by Gasteiger charge is 2.37. The lowest BCUT2D eigenvalue weighted by atomic mass is 9.93. The van der Waals surface area contributed by atoms with Crippen LogP contribution in [0.25, 0.3) is 0 Å². The van der Waals surface area contributed by atoms with E-state index >= 15 is 0 Å². The minimum Gasteiger partial charge on any atom is -0.466 e. The van der Waals surface area contributed by atoms with Crippen LogP contribution in [0.1, 0.15) is 37.5 Å². The van der Waals surface area contributed by atoms with Crippen LogP contribution in [0.15, 0.2) is 16.3 Å². The summed E-state index contributed by atoms with van der Waals surface area (Å²) in [7, 11) is -3.54. The van der Waals surface area contributed by atoms with Gasteiger partial charge in [0.1, 0.15) is 4.21 Å². The Hall–Kier alpha value is -1.45. The quantitative estimate of drug-likeness (QED) is 0.672. The molecule has 7 nitrogen and oxygen atoms in total. The number of sulfonamides is 1. The van der Waals surface area contributed by atoms with Gasteiger partial charge in [-0.25, -0.2) is 8.42 Å². The summed E-state index contributed by atoms with van der Waals surface area (Å²) in [6.45, 7) is 5.77. The normalized spacial score (nSPS) is 22.2. The number of thiophene rings is 1. The van der Waals surface area contributed by atoms with Gasteiger partial charge in [-0.15, -0.1) is 11.3 Å². The average molecular weight is 429 g/mol. The lowest BCUT2D eigenvalue weighted by molar-refractivity contribution is -0.152. The van der Waals surface area contributed by atoms with Crippen LogP contribution >= 0.6 is 11.3 Å². The van der Waals surface area contributed by atoms with Crippen molar-refractivity contribution in [2.24, 2.45) is 11.8 Å². The van der Waals surface area contributed by atoms with Crippen molar-refractivity contribution in [1.82, 2.24) is 9.21 Å². The van der Waals surface area contributed by atoms with Gasteiger partial charge in [0.05, 0.1) is 18.4 Å². The molecule has 28 heavy (non-hydrogen) atoms. The summed E-state index contributed by atoms with van der Waals surface area (Å²) in [6, 6.07) is 3.44. The van der Waals surface area contributed by atoms with Crippen molar-refractivity contribution in [3.05, 3.63) is 17.0 Å². The zero-order valence-electron chi connectivity index (χ0n) is 16.4. The van der Waals surface area contributed by atoms with E-state index in [1.54, 1.807) is 24.0 Å². The lowest BCUT2D eigenvalue weighted by Gasteiger charge is -2.36. The van der Waals surface area contributed by atoms with Crippen LogP contribution < -0.4 is 0 Å². The van der Waals surface area contributed by atoms with Gasteiger partial charge in [0.15, 0.2) is 0 Å². The molecule has 0 spiro atoms. The van der Waals surface area contributed by atoms with Crippen molar-refractivity contribution in [2.45, 2.75) is 43.7 Å². The molecule has 0 radical (unpaired) electrons.